The van der Waals surface area contributed by atoms with E-state index in [1.807, 2.05) is 0 Å². The lowest BCUT2D eigenvalue weighted by atomic mass is 10.0. The SMILES string of the molecule is CC/C=C\C/C=C\C/C=C\C/C=C\C/C=C\C/C=C\CCCCCCCCC(=O)OCC(COP(=O)(O)OCC(O)COP(=O)(O)OCC(O)COC(=O)CCCCCCCCCCCCCCC/C=C\C/C=C\C/C=C\C/C=C\C/C=C\CC)OC(=O)CCCCCCCC/C=C\C/C=C\C/C=C\C/C=C\C/C=C\C/C=C\CC. The molecule has 0 aliphatic heterocycles. The van der Waals surface area contributed by atoms with Crippen LogP contribution in [0.15, 0.2) is 207 Å². The maximum absolute atomic E-state index is 13.1. The molecular weight excluding hydrogens is 1480 g/mol. The first kappa shape index (κ1) is 109. The zero-order valence-electron chi connectivity index (χ0n) is 71.6. The van der Waals surface area contributed by atoms with Crippen LogP contribution in [0.4, 0.5) is 0 Å². The van der Waals surface area contributed by atoms with Gasteiger partial charge in [0.2, 0.25) is 0 Å². The minimum atomic E-state index is -4.96. The lowest BCUT2D eigenvalue weighted by Crippen LogP contribution is -2.30. The molecule has 0 aliphatic carbocycles. The van der Waals surface area contributed by atoms with E-state index in [0.29, 0.717) is 19.3 Å². The number of aliphatic hydroxyl groups is 2. The summed E-state index contributed by atoms with van der Waals surface area (Å²) < 4.78 is 61.4. The Morgan fingerprint density at radius 2 is 0.435 bits per heavy atom. The maximum atomic E-state index is 13.1. The Balaban J connectivity index is 4.71. The first-order chi connectivity index (χ1) is 56.2. The van der Waals surface area contributed by atoms with Crippen LogP contribution in [0.2, 0.25) is 0 Å². The average molecular weight is 1640 g/mol. The monoisotopic (exact) mass is 1640 g/mol. The van der Waals surface area contributed by atoms with Crippen molar-refractivity contribution in [3.8, 4) is 0 Å². The lowest BCUT2D eigenvalue weighted by Gasteiger charge is -2.21. The number of rotatable bonds is 82. The topological polar surface area (TPSA) is 231 Å². The summed E-state index contributed by atoms with van der Waals surface area (Å²) in [6.45, 7) is 2.31. The summed E-state index contributed by atoms with van der Waals surface area (Å²) in [5.74, 6) is -1.62. The van der Waals surface area contributed by atoms with Gasteiger partial charge in [0.15, 0.2) is 6.10 Å². The minimum Gasteiger partial charge on any atom is -0.463 e. The van der Waals surface area contributed by atoms with Gasteiger partial charge in [-0.2, -0.15) is 0 Å². The first-order valence-electron chi connectivity index (χ1n) is 44.4. The number of hydrogen-bond acceptors (Lipinski definition) is 14. The number of phosphoric acid groups is 2. The molecule has 0 rings (SSSR count). The molecule has 5 unspecified atom stereocenters. The lowest BCUT2D eigenvalue weighted by molar-refractivity contribution is -0.161. The highest BCUT2D eigenvalue weighted by Crippen LogP contribution is 2.45. The molecule has 0 radical (unpaired) electrons. The molecule has 0 spiro atoms. The molecule has 0 aromatic heterocycles. The van der Waals surface area contributed by atoms with E-state index in [1.54, 1.807) is 0 Å². The summed E-state index contributed by atoms with van der Waals surface area (Å²) >= 11 is 0. The Kier molecular flexibility index (Phi) is 83.0. The van der Waals surface area contributed by atoms with Gasteiger partial charge < -0.3 is 34.2 Å². The molecule has 0 aromatic rings. The molecule has 0 heterocycles. The number of unbranched alkanes of at least 4 members (excludes halogenated alkanes) is 25. The summed E-state index contributed by atoms with van der Waals surface area (Å²) in [6, 6.07) is 0. The molecule has 0 saturated heterocycles. The largest absolute Gasteiger partial charge is 0.472 e. The number of aliphatic hydroxyl groups excluding tert-OH is 2. The fourth-order valence-electron chi connectivity index (χ4n) is 11.4. The van der Waals surface area contributed by atoms with E-state index in [0.717, 1.165) is 212 Å². The molecule has 652 valence electrons. The van der Waals surface area contributed by atoms with Crippen LogP contribution in [-0.4, -0.2) is 95.9 Å². The number of ether oxygens (including phenoxy) is 3. The van der Waals surface area contributed by atoms with Crippen LogP contribution < -0.4 is 0 Å². The van der Waals surface area contributed by atoms with Crippen molar-refractivity contribution in [3.63, 3.8) is 0 Å². The van der Waals surface area contributed by atoms with Crippen molar-refractivity contribution in [3.05, 3.63) is 207 Å². The Labute approximate surface area is 699 Å². The molecule has 0 aliphatic rings. The van der Waals surface area contributed by atoms with E-state index in [-0.39, 0.29) is 19.3 Å². The Morgan fingerprint density at radius 3 is 0.687 bits per heavy atom. The van der Waals surface area contributed by atoms with Crippen LogP contribution >= 0.6 is 15.6 Å². The van der Waals surface area contributed by atoms with Gasteiger partial charge in [0.1, 0.15) is 25.4 Å². The van der Waals surface area contributed by atoms with Gasteiger partial charge in [-0.3, -0.25) is 32.5 Å². The van der Waals surface area contributed by atoms with Gasteiger partial charge in [0.25, 0.3) is 0 Å². The van der Waals surface area contributed by atoms with E-state index >= 15 is 0 Å². The number of hydrogen-bond donors (Lipinski definition) is 4. The molecule has 0 saturated carbocycles. The highest BCUT2D eigenvalue weighted by molar-refractivity contribution is 7.47. The molecule has 5 atom stereocenters. The highest BCUT2D eigenvalue weighted by Gasteiger charge is 2.29. The summed E-state index contributed by atoms with van der Waals surface area (Å²) in [7, 11) is -9.83. The predicted octanol–water partition coefficient (Wildman–Crippen LogP) is 27.2. The van der Waals surface area contributed by atoms with Crippen molar-refractivity contribution < 1.29 is 75.8 Å². The average Bonchev–Trinajstić information content (AvgIpc) is 0.926. The van der Waals surface area contributed by atoms with Crippen LogP contribution in [0.3, 0.4) is 0 Å². The second-order valence-electron chi connectivity index (χ2n) is 28.9. The minimum absolute atomic E-state index is 0.0749. The Hall–Kier alpha value is -5.87. The van der Waals surface area contributed by atoms with Gasteiger partial charge in [-0.1, -0.05) is 349 Å². The molecule has 0 aromatic carbocycles. The summed E-state index contributed by atoms with van der Waals surface area (Å²) in [6.07, 6.45) is 117. The van der Waals surface area contributed by atoms with E-state index in [4.69, 9.17) is 32.3 Å². The summed E-state index contributed by atoms with van der Waals surface area (Å²) in [5, 5.41) is 20.7. The molecule has 0 amide bonds. The Bertz CT molecular complexity index is 2920. The van der Waals surface area contributed by atoms with Crippen molar-refractivity contribution in [2.75, 3.05) is 39.6 Å². The second-order valence-corrected chi connectivity index (χ2v) is 31.8. The number of allylic oxidation sites excluding steroid dienone is 34. The fourth-order valence-corrected chi connectivity index (χ4v) is 13.0. The number of carbonyl (C=O) groups excluding carboxylic acids is 3. The van der Waals surface area contributed by atoms with Gasteiger partial charge in [-0.25, -0.2) is 9.13 Å². The Morgan fingerprint density at radius 1 is 0.243 bits per heavy atom. The molecule has 16 nitrogen and oxygen atoms in total. The highest BCUT2D eigenvalue weighted by atomic mass is 31.2. The summed E-state index contributed by atoms with van der Waals surface area (Å²) in [5.41, 5.74) is 0. The van der Waals surface area contributed by atoms with Crippen molar-refractivity contribution in [1.82, 2.24) is 0 Å². The summed E-state index contributed by atoms with van der Waals surface area (Å²) in [4.78, 5) is 59.0. The third kappa shape index (κ3) is 88.8. The van der Waals surface area contributed by atoms with Crippen molar-refractivity contribution in [2.45, 2.75) is 347 Å². The normalized spacial score (nSPS) is 14.8. The van der Waals surface area contributed by atoms with Crippen LogP contribution in [0.1, 0.15) is 329 Å². The maximum Gasteiger partial charge on any atom is 0.472 e. The van der Waals surface area contributed by atoms with E-state index in [1.165, 1.54) is 57.8 Å². The van der Waals surface area contributed by atoms with Crippen LogP contribution in [0, 0.1) is 0 Å². The van der Waals surface area contributed by atoms with E-state index in [2.05, 4.69) is 227 Å². The smallest absolute Gasteiger partial charge is 0.463 e. The van der Waals surface area contributed by atoms with Crippen LogP contribution in [0.5, 0.6) is 0 Å². The molecule has 115 heavy (non-hydrogen) atoms. The van der Waals surface area contributed by atoms with Crippen molar-refractivity contribution >= 4 is 33.6 Å². The number of carbonyl (C=O) groups is 3. The van der Waals surface area contributed by atoms with Gasteiger partial charge >= 0.3 is 33.6 Å². The zero-order valence-corrected chi connectivity index (χ0v) is 73.4. The van der Waals surface area contributed by atoms with Gasteiger partial charge in [0, 0.05) is 19.3 Å². The van der Waals surface area contributed by atoms with Crippen LogP contribution in [0.25, 0.3) is 0 Å². The molecular formula is C97H158O16P2. The zero-order chi connectivity index (χ0) is 83.6. The molecule has 18 heteroatoms. The predicted molar refractivity (Wildman–Crippen MR) is 481 cm³/mol. The number of esters is 3. The first-order valence-corrected chi connectivity index (χ1v) is 47.4. The van der Waals surface area contributed by atoms with E-state index in [9.17, 15) is 43.5 Å². The molecule has 0 fully saturated rings. The van der Waals surface area contributed by atoms with E-state index < -0.39 is 91.5 Å². The molecule has 0 bridgehead atoms. The fraction of sp³-hybridized carbons (Fsp3) is 0.619. The van der Waals surface area contributed by atoms with Crippen molar-refractivity contribution in [2.24, 2.45) is 0 Å². The quantitative estimate of drug-likeness (QED) is 0.0146. The third-order valence-corrected chi connectivity index (χ3v) is 19.9. The van der Waals surface area contributed by atoms with Gasteiger partial charge in [0.05, 0.1) is 26.4 Å². The van der Waals surface area contributed by atoms with Gasteiger partial charge in [-0.05, 0) is 167 Å². The van der Waals surface area contributed by atoms with Crippen molar-refractivity contribution in [1.29, 1.82) is 0 Å². The second kappa shape index (κ2) is 87.4. The van der Waals surface area contributed by atoms with Gasteiger partial charge in [-0.15, -0.1) is 0 Å². The number of phosphoric ester groups is 2. The third-order valence-electron chi connectivity index (χ3n) is 18.0. The van der Waals surface area contributed by atoms with Crippen LogP contribution in [-0.2, 0) is 55.8 Å². The molecule has 4 N–H and O–H groups in total. The standard InChI is InChI=1S/C97H158O16P2/c1-4-7-10-13-16-19-22-25-28-31-34-37-40-43-44-45-46-49-51-53-56-59-62-65-68-71-74-77-80-83-95(100)107-86-92(98)87-109-114(103,104)110-88-93(99)89-111-115(105,106)112-91-94(113-97(102)85-82-79-76-73-70-67-64-61-58-55-52-48-42-39-36-33-30-27-24-21-18-15-12-9-6-3)90-108-96(101)84-81-78-75-72-69-66-63-60-57-54-50-47-41-38-35-32-29-26-23-20-17-14-11-8-5-2/h7-12,16-21,25-30,34-39,43-44,47-48,50,52,57-58,60-61,92-94,98-99H,4-6,13-15,22-24,31-33,40-42,45-46,49,51,53-56,59,62-91H2,1-3H3,(H,103,104)(H,105,106)/b10-7-,11-8-,12-9-,19-16-,20-17-,21-18-,28-25-,29-26-,30-27-,37-34-,38-35-,39-36-,44-43-,50-47-,52-48-,60-57-,61-58-.